The summed E-state index contributed by atoms with van der Waals surface area (Å²) in [4.78, 5) is 11.5. The minimum Gasteiger partial charge on any atom is -0.444 e. The van der Waals surface area contributed by atoms with Crippen LogP contribution in [0.1, 0.15) is 41.5 Å². The maximum absolute atomic E-state index is 11.5. The molecule has 1 atom stereocenters. The normalized spacial score (nSPS) is 14.3. The number of ether oxygens (including phenoxy) is 2. The van der Waals surface area contributed by atoms with Crippen LogP contribution in [0.3, 0.4) is 0 Å². The molecule has 0 aliphatic carbocycles. The van der Waals surface area contributed by atoms with E-state index in [9.17, 15) is 4.79 Å². The molecule has 0 heterocycles. The van der Waals surface area contributed by atoms with Gasteiger partial charge in [0.25, 0.3) is 0 Å². The van der Waals surface area contributed by atoms with Crippen LogP contribution < -0.4 is 5.32 Å². The van der Waals surface area contributed by atoms with Gasteiger partial charge in [0.05, 0.1) is 24.9 Å². The first-order chi connectivity index (χ1) is 7.53. The highest BCUT2D eigenvalue weighted by Crippen LogP contribution is 2.09. The molecule has 5 heteroatoms. The molecular formula is C12H25NO4. The second kappa shape index (κ2) is 6.21. The molecular weight excluding hydrogens is 222 g/mol. The van der Waals surface area contributed by atoms with Gasteiger partial charge in [-0.2, -0.15) is 0 Å². The van der Waals surface area contributed by atoms with Crippen LogP contribution in [-0.4, -0.2) is 41.7 Å². The van der Waals surface area contributed by atoms with E-state index in [4.69, 9.17) is 14.6 Å². The van der Waals surface area contributed by atoms with Crippen LogP contribution in [-0.2, 0) is 9.47 Å². The van der Waals surface area contributed by atoms with Crippen molar-refractivity contribution in [3.63, 3.8) is 0 Å². The largest absolute Gasteiger partial charge is 0.444 e. The molecule has 0 aromatic heterocycles. The molecule has 0 saturated heterocycles. The predicted molar refractivity (Wildman–Crippen MR) is 65.9 cm³/mol. The molecule has 0 aromatic carbocycles. The number of nitrogens with one attached hydrogen (secondary N) is 1. The standard InChI is InChI=1S/C12H25NO4/c1-11(2,3)16-8-9(7-14)13-10(15)17-12(4,5)6/h9,14H,7-8H2,1-6H3,(H,13,15)/t9-/m1/s1. The number of hydrogen-bond acceptors (Lipinski definition) is 4. The zero-order valence-corrected chi connectivity index (χ0v) is 11.7. The third-order valence-corrected chi connectivity index (χ3v) is 1.66. The first-order valence-corrected chi connectivity index (χ1v) is 5.78. The van der Waals surface area contributed by atoms with E-state index >= 15 is 0 Å². The number of aliphatic hydroxyl groups excluding tert-OH is 1. The number of carbonyl (C=O) groups excluding carboxylic acids is 1. The molecule has 0 aromatic rings. The second-order valence-corrected chi connectivity index (χ2v) is 5.95. The molecule has 0 fully saturated rings. The van der Waals surface area contributed by atoms with Crippen molar-refractivity contribution in [2.75, 3.05) is 13.2 Å². The van der Waals surface area contributed by atoms with Gasteiger partial charge in [-0.25, -0.2) is 4.79 Å². The third kappa shape index (κ3) is 10.1. The van der Waals surface area contributed by atoms with Crippen LogP contribution in [0.15, 0.2) is 0 Å². The number of carbonyl (C=O) groups is 1. The zero-order chi connectivity index (χ0) is 13.7. The van der Waals surface area contributed by atoms with Gasteiger partial charge in [0.2, 0.25) is 0 Å². The van der Waals surface area contributed by atoms with Crippen molar-refractivity contribution >= 4 is 6.09 Å². The molecule has 0 spiro atoms. The molecule has 0 saturated carbocycles. The summed E-state index contributed by atoms with van der Waals surface area (Å²) in [7, 11) is 0. The molecule has 0 rings (SSSR count). The Kier molecular flexibility index (Phi) is 5.92. The molecule has 0 aliphatic rings. The summed E-state index contributed by atoms with van der Waals surface area (Å²) in [5, 5.41) is 11.7. The van der Waals surface area contributed by atoms with Gasteiger partial charge in [-0.15, -0.1) is 0 Å². The fraction of sp³-hybridized carbons (Fsp3) is 0.917. The molecule has 0 unspecified atom stereocenters. The zero-order valence-electron chi connectivity index (χ0n) is 11.7. The molecule has 5 nitrogen and oxygen atoms in total. The molecule has 1 amide bonds. The highest BCUT2D eigenvalue weighted by molar-refractivity contribution is 5.68. The van der Waals surface area contributed by atoms with Crippen molar-refractivity contribution in [3.8, 4) is 0 Å². The summed E-state index contributed by atoms with van der Waals surface area (Å²) in [6.45, 7) is 11.2. The van der Waals surface area contributed by atoms with E-state index in [1.807, 2.05) is 20.8 Å². The van der Waals surface area contributed by atoms with Gasteiger partial charge >= 0.3 is 6.09 Å². The Hall–Kier alpha value is -0.810. The molecule has 0 radical (unpaired) electrons. The van der Waals surface area contributed by atoms with Crippen molar-refractivity contribution in [1.82, 2.24) is 5.32 Å². The Morgan fingerprint density at radius 3 is 2.06 bits per heavy atom. The van der Waals surface area contributed by atoms with Crippen molar-refractivity contribution < 1.29 is 19.4 Å². The maximum Gasteiger partial charge on any atom is 0.408 e. The molecule has 17 heavy (non-hydrogen) atoms. The lowest BCUT2D eigenvalue weighted by Gasteiger charge is -2.25. The lowest BCUT2D eigenvalue weighted by Crippen LogP contribution is -2.44. The fourth-order valence-corrected chi connectivity index (χ4v) is 0.965. The number of rotatable bonds is 4. The minimum absolute atomic E-state index is 0.185. The fourth-order valence-electron chi connectivity index (χ4n) is 0.965. The minimum atomic E-state index is -0.547. The summed E-state index contributed by atoms with van der Waals surface area (Å²) < 4.78 is 10.6. The Morgan fingerprint density at radius 2 is 1.71 bits per heavy atom. The van der Waals surface area contributed by atoms with Crippen LogP contribution in [0.25, 0.3) is 0 Å². The van der Waals surface area contributed by atoms with E-state index in [2.05, 4.69) is 5.32 Å². The van der Waals surface area contributed by atoms with Gasteiger partial charge in [0.15, 0.2) is 0 Å². The number of alkyl carbamates (subject to hydrolysis) is 1. The van der Waals surface area contributed by atoms with Gasteiger partial charge in [0, 0.05) is 0 Å². The average Bonchev–Trinajstić information content (AvgIpc) is 2.07. The van der Waals surface area contributed by atoms with Crippen molar-refractivity contribution in [1.29, 1.82) is 0 Å². The van der Waals surface area contributed by atoms with E-state index in [1.165, 1.54) is 0 Å². The van der Waals surface area contributed by atoms with E-state index in [1.54, 1.807) is 20.8 Å². The Bertz CT molecular complexity index is 240. The summed E-state index contributed by atoms with van der Waals surface area (Å²) in [6.07, 6.45) is -0.547. The number of aliphatic hydroxyl groups is 1. The Balaban J connectivity index is 4.09. The Labute approximate surface area is 103 Å². The quantitative estimate of drug-likeness (QED) is 0.793. The molecule has 2 N–H and O–H groups in total. The van der Waals surface area contributed by atoms with Crippen LogP contribution in [0.2, 0.25) is 0 Å². The van der Waals surface area contributed by atoms with Crippen LogP contribution in [0, 0.1) is 0 Å². The van der Waals surface area contributed by atoms with E-state index in [-0.39, 0.29) is 18.8 Å². The van der Waals surface area contributed by atoms with Gasteiger partial charge in [-0.3, -0.25) is 0 Å². The van der Waals surface area contributed by atoms with Crippen LogP contribution in [0.5, 0.6) is 0 Å². The van der Waals surface area contributed by atoms with E-state index in [0.717, 1.165) is 0 Å². The second-order valence-electron chi connectivity index (χ2n) is 5.95. The lowest BCUT2D eigenvalue weighted by molar-refractivity contribution is -0.0239. The van der Waals surface area contributed by atoms with E-state index < -0.39 is 17.7 Å². The summed E-state index contributed by atoms with van der Waals surface area (Å²) in [6, 6.07) is -0.455. The molecule has 0 bridgehead atoms. The topological polar surface area (TPSA) is 67.8 Å². The summed E-state index contributed by atoms with van der Waals surface area (Å²) >= 11 is 0. The SMILES string of the molecule is CC(C)(C)OC[C@@H](CO)NC(=O)OC(C)(C)C. The van der Waals surface area contributed by atoms with Gasteiger partial charge in [0.1, 0.15) is 5.60 Å². The maximum atomic E-state index is 11.5. The first-order valence-electron chi connectivity index (χ1n) is 5.78. The van der Waals surface area contributed by atoms with Gasteiger partial charge in [-0.05, 0) is 41.5 Å². The summed E-state index contributed by atoms with van der Waals surface area (Å²) in [5.41, 5.74) is -0.849. The average molecular weight is 247 g/mol. The van der Waals surface area contributed by atoms with Gasteiger partial charge < -0.3 is 19.9 Å². The molecule has 102 valence electrons. The Morgan fingerprint density at radius 1 is 1.18 bits per heavy atom. The highest BCUT2D eigenvalue weighted by atomic mass is 16.6. The van der Waals surface area contributed by atoms with Crippen molar-refractivity contribution in [2.24, 2.45) is 0 Å². The molecule has 0 aliphatic heterocycles. The van der Waals surface area contributed by atoms with Gasteiger partial charge in [-0.1, -0.05) is 0 Å². The van der Waals surface area contributed by atoms with Crippen molar-refractivity contribution in [2.45, 2.75) is 58.8 Å². The van der Waals surface area contributed by atoms with E-state index in [0.29, 0.717) is 0 Å². The van der Waals surface area contributed by atoms with Crippen LogP contribution >= 0.6 is 0 Å². The first kappa shape index (κ1) is 16.2. The number of hydrogen-bond donors (Lipinski definition) is 2. The number of amides is 1. The smallest absolute Gasteiger partial charge is 0.408 e. The summed E-state index contributed by atoms with van der Waals surface area (Å²) in [5.74, 6) is 0. The predicted octanol–water partition coefficient (Wildman–Crippen LogP) is 1.69. The van der Waals surface area contributed by atoms with Crippen molar-refractivity contribution in [3.05, 3.63) is 0 Å². The monoisotopic (exact) mass is 247 g/mol. The van der Waals surface area contributed by atoms with Crippen LogP contribution in [0.4, 0.5) is 4.79 Å². The lowest BCUT2D eigenvalue weighted by atomic mass is 10.2. The third-order valence-electron chi connectivity index (χ3n) is 1.66. The highest BCUT2D eigenvalue weighted by Gasteiger charge is 2.20.